The van der Waals surface area contributed by atoms with Crippen LogP contribution in [0.3, 0.4) is 0 Å². The summed E-state index contributed by atoms with van der Waals surface area (Å²) in [5.41, 5.74) is 4.40. The van der Waals surface area contributed by atoms with Crippen LogP contribution in [0.25, 0.3) is 22.2 Å². The van der Waals surface area contributed by atoms with Gasteiger partial charge in [-0.2, -0.15) is 0 Å². The summed E-state index contributed by atoms with van der Waals surface area (Å²) >= 11 is 0. The summed E-state index contributed by atoms with van der Waals surface area (Å²) in [4.78, 5) is 80.8. The molecule has 1 unspecified atom stereocenters. The van der Waals surface area contributed by atoms with Crippen LogP contribution in [0.1, 0.15) is 124 Å². The van der Waals surface area contributed by atoms with Gasteiger partial charge in [-0.3, -0.25) is 14.4 Å². The fourth-order valence-corrected chi connectivity index (χ4v) is 6.50. The maximum absolute atomic E-state index is 13.8. The molecule has 0 radical (unpaired) electrons. The van der Waals surface area contributed by atoms with Crippen LogP contribution in [-0.4, -0.2) is 57.0 Å². The molecule has 0 saturated carbocycles. The monoisotopic (exact) mass is 596 g/mol. The summed E-state index contributed by atoms with van der Waals surface area (Å²) in [6.45, 7) is 9.18. The third-order valence-electron chi connectivity index (χ3n) is 9.55. The summed E-state index contributed by atoms with van der Waals surface area (Å²) in [5, 5.41) is 0. The zero-order valence-corrected chi connectivity index (χ0v) is 25.3. The van der Waals surface area contributed by atoms with Crippen molar-refractivity contribution in [3.8, 4) is 0 Å². The molecule has 11 heteroatoms. The highest BCUT2D eigenvalue weighted by Crippen LogP contribution is 2.44. The van der Waals surface area contributed by atoms with E-state index in [0.717, 1.165) is 6.29 Å². The van der Waals surface area contributed by atoms with Gasteiger partial charge >= 0.3 is 17.9 Å². The Kier molecular flexibility index (Phi) is 6.86. The first-order valence-electron chi connectivity index (χ1n) is 14.5. The largest absolute Gasteiger partial charge is 0.469 e. The van der Waals surface area contributed by atoms with Crippen molar-refractivity contribution >= 4 is 52.2 Å². The Morgan fingerprint density at radius 3 is 2.45 bits per heavy atom. The maximum Gasteiger partial charge on any atom is 0.349 e. The molecule has 6 heterocycles. The minimum atomic E-state index is -0.963. The van der Waals surface area contributed by atoms with Crippen LogP contribution in [0, 0.1) is 6.92 Å². The number of ketones is 1. The van der Waals surface area contributed by atoms with Crippen LogP contribution in [0.2, 0.25) is 0 Å². The lowest BCUT2D eigenvalue weighted by Gasteiger charge is -2.19. The van der Waals surface area contributed by atoms with Gasteiger partial charge in [-0.05, 0) is 62.9 Å². The van der Waals surface area contributed by atoms with E-state index in [1.165, 1.54) is 7.11 Å². The first kappa shape index (κ1) is 29.2. The number of cyclic esters (lactones) is 2. The standard InChI is InChI=1S/C33H32N4O7/c1-7-33(5)24-12-22-18(13-38)15(3)19(34-22)10-20-14(2)17(8-9-25(39)43-6)28(36-20)27-29-26(31(41)44-32(27)42)16(4)21(37-29)11-23(35-24)30(33)40/h10-14,17,36-37H,7-9H2,1-6H3/t14-,17-,33?/m0/s1. The van der Waals surface area contributed by atoms with Gasteiger partial charge in [0.2, 0.25) is 0 Å². The Morgan fingerprint density at radius 1 is 1.05 bits per heavy atom. The van der Waals surface area contributed by atoms with Gasteiger partial charge in [0.05, 0.1) is 40.7 Å². The Balaban J connectivity index is 1.78. The van der Waals surface area contributed by atoms with E-state index in [1.807, 2.05) is 26.8 Å². The SMILES string of the molecule is CCC1(C)C(=O)c2cc3[nH]c4c(c5[nH]c(cc6nc(cc1n2)C(C=O)=C6C)[C@@H](C)[C@@H]5CCC(=O)OC)C(=O)OC(=O)c4c3C. The second kappa shape index (κ2) is 10.4. The number of nitrogens with zero attached hydrogens (tertiary/aromatic N) is 2. The molecule has 4 aliphatic heterocycles. The number of Topliss-reactive ketones (excluding diaryl/α,β-unsaturated/α-hetero) is 1. The molecule has 2 aromatic rings. The van der Waals surface area contributed by atoms with E-state index < -0.39 is 23.3 Å². The van der Waals surface area contributed by atoms with Crippen LogP contribution in [0.5, 0.6) is 0 Å². The topological polar surface area (TPSA) is 161 Å². The van der Waals surface area contributed by atoms with Gasteiger partial charge in [-0.1, -0.05) is 13.8 Å². The van der Waals surface area contributed by atoms with Gasteiger partial charge in [0.1, 0.15) is 11.3 Å². The smallest absolute Gasteiger partial charge is 0.349 e. The number of hydrogen-bond donors (Lipinski definition) is 2. The highest BCUT2D eigenvalue weighted by molar-refractivity contribution is 6.19. The zero-order chi connectivity index (χ0) is 31.7. The molecule has 4 aliphatic rings. The van der Waals surface area contributed by atoms with Crippen molar-refractivity contribution in [1.29, 1.82) is 0 Å². The number of aromatic amines is 2. The highest BCUT2D eigenvalue weighted by Gasteiger charge is 2.42. The molecule has 0 saturated heterocycles. The van der Waals surface area contributed by atoms with Crippen LogP contribution in [0.4, 0.5) is 0 Å². The van der Waals surface area contributed by atoms with Gasteiger partial charge in [-0.25, -0.2) is 19.6 Å². The number of aryl methyl sites for hydroxylation is 1. The molecule has 0 aromatic carbocycles. The van der Waals surface area contributed by atoms with E-state index in [9.17, 15) is 24.0 Å². The van der Waals surface area contributed by atoms with Crippen LogP contribution < -0.4 is 0 Å². The molecule has 3 atom stereocenters. The average molecular weight is 597 g/mol. The van der Waals surface area contributed by atoms with Crippen LogP contribution in [-0.2, 0) is 24.5 Å². The predicted octanol–water partition coefficient (Wildman–Crippen LogP) is 5.18. The lowest BCUT2D eigenvalue weighted by Crippen LogP contribution is -2.27. The Hall–Kier alpha value is -4.93. The zero-order valence-electron chi connectivity index (χ0n) is 25.3. The lowest BCUT2D eigenvalue weighted by atomic mass is 9.80. The average Bonchev–Trinajstić information content (AvgIpc) is 3.65. The lowest BCUT2D eigenvalue weighted by molar-refractivity contribution is -0.140. The molecule has 0 fully saturated rings. The van der Waals surface area contributed by atoms with Crippen LogP contribution >= 0.6 is 0 Å². The van der Waals surface area contributed by atoms with Crippen molar-refractivity contribution in [2.45, 2.75) is 71.1 Å². The molecule has 0 spiro atoms. The second-order valence-corrected chi connectivity index (χ2v) is 11.8. The Morgan fingerprint density at radius 2 is 1.77 bits per heavy atom. The van der Waals surface area contributed by atoms with E-state index in [0.29, 0.717) is 63.5 Å². The van der Waals surface area contributed by atoms with Crippen molar-refractivity contribution < 1.29 is 33.4 Å². The molecule has 11 nitrogen and oxygen atoms in total. The summed E-state index contributed by atoms with van der Waals surface area (Å²) in [7, 11) is 1.32. The molecule has 226 valence electrons. The number of allylic oxidation sites excluding steroid dienone is 2. The third-order valence-corrected chi connectivity index (χ3v) is 9.55. The Labute approximate surface area is 252 Å². The highest BCUT2D eigenvalue weighted by atomic mass is 16.6. The normalized spacial score (nSPS) is 21.7. The molecular weight excluding hydrogens is 564 g/mol. The number of ether oxygens (including phenoxy) is 2. The van der Waals surface area contributed by atoms with Gasteiger partial charge in [0, 0.05) is 40.7 Å². The summed E-state index contributed by atoms with van der Waals surface area (Å²) in [6, 6.07) is 5.10. The molecule has 44 heavy (non-hydrogen) atoms. The van der Waals surface area contributed by atoms with Crippen molar-refractivity contribution in [3.05, 3.63) is 69.1 Å². The first-order valence-corrected chi connectivity index (χ1v) is 14.5. The summed E-state index contributed by atoms with van der Waals surface area (Å²) in [6.07, 6.45) is 1.65. The number of hydrogen-bond acceptors (Lipinski definition) is 9. The maximum atomic E-state index is 13.8. The van der Waals surface area contributed by atoms with Gasteiger partial charge in [0.15, 0.2) is 12.1 Å². The van der Waals surface area contributed by atoms with Crippen LogP contribution in [0.15, 0.2) is 18.2 Å². The summed E-state index contributed by atoms with van der Waals surface area (Å²) < 4.78 is 10.1. The number of H-pyrrole nitrogens is 2. The molecule has 2 aromatic heterocycles. The quantitative estimate of drug-likeness (QED) is 0.269. The van der Waals surface area contributed by atoms with Crippen molar-refractivity contribution in [2.75, 3.05) is 7.11 Å². The number of aldehydes is 1. The molecule has 0 amide bonds. The van der Waals surface area contributed by atoms with Crippen molar-refractivity contribution in [1.82, 2.24) is 19.9 Å². The minimum Gasteiger partial charge on any atom is -0.469 e. The van der Waals surface area contributed by atoms with E-state index in [-0.39, 0.29) is 46.4 Å². The molecule has 8 bridgehead atoms. The van der Waals surface area contributed by atoms with Gasteiger partial charge in [-0.15, -0.1) is 0 Å². The fraction of sp³-hybridized carbons (Fsp3) is 0.364. The van der Waals surface area contributed by atoms with E-state index >= 15 is 0 Å². The Bertz CT molecular complexity index is 1930. The van der Waals surface area contributed by atoms with Crippen molar-refractivity contribution in [2.24, 2.45) is 0 Å². The van der Waals surface area contributed by atoms with E-state index in [2.05, 4.69) is 9.97 Å². The number of rotatable bonds is 5. The first-order chi connectivity index (χ1) is 20.9. The molecule has 2 N–H and O–H groups in total. The van der Waals surface area contributed by atoms with Gasteiger partial charge < -0.3 is 19.4 Å². The number of aromatic nitrogens is 4. The van der Waals surface area contributed by atoms with E-state index in [1.54, 1.807) is 26.0 Å². The van der Waals surface area contributed by atoms with Crippen molar-refractivity contribution in [3.63, 3.8) is 0 Å². The summed E-state index contributed by atoms with van der Waals surface area (Å²) in [5.74, 6) is -2.80. The second-order valence-electron chi connectivity index (χ2n) is 11.8. The number of carbonyl (C=O) groups excluding carboxylic acids is 5. The predicted molar refractivity (Wildman–Crippen MR) is 160 cm³/mol. The number of carbonyl (C=O) groups is 5. The number of nitrogens with one attached hydrogen (secondary N) is 2. The number of methoxy groups -OCH3 is 1. The van der Waals surface area contributed by atoms with E-state index in [4.69, 9.17) is 19.4 Å². The fourth-order valence-electron chi connectivity index (χ4n) is 6.50. The molecule has 0 aliphatic carbocycles. The third kappa shape index (κ3) is 4.21. The molecular formula is C33H32N4O7. The number of fused-ring (bicyclic) bond motifs is 8. The molecule has 6 rings (SSSR count). The van der Waals surface area contributed by atoms with Gasteiger partial charge in [0.25, 0.3) is 0 Å². The number of esters is 3. The minimum absolute atomic E-state index is 0.0969.